The summed E-state index contributed by atoms with van der Waals surface area (Å²) >= 11 is 0. The summed E-state index contributed by atoms with van der Waals surface area (Å²) in [5.41, 5.74) is 1.59. The molecule has 1 aromatic carbocycles. The maximum atomic E-state index is 13.1. The van der Waals surface area contributed by atoms with E-state index in [9.17, 15) is 4.39 Å². The summed E-state index contributed by atoms with van der Waals surface area (Å²) in [6.07, 6.45) is 2.72. The van der Waals surface area contributed by atoms with Crippen molar-refractivity contribution in [3.8, 4) is 11.8 Å². The number of rotatable bonds is 6. The van der Waals surface area contributed by atoms with Crippen LogP contribution in [0, 0.1) is 12.7 Å². The van der Waals surface area contributed by atoms with Crippen molar-refractivity contribution in [3.05, 3.63) is 41.5 Å². The summed E-state index contributed by atoms with van der Waals surface area (Å²) in [7, 11) is 0. The predicted molar refractivity (Wildman–Crippen MR) is 69.7 cm³/mol. The van der Waals surface area contributed by atoms with Crippen LogP contribution in [0.2, 0.25) is 0 Å². The second kappa shape index (κ2) is 6.33. The standard InChI is InChI=1S/C14H17FN2O2/c1-3-6-16-8-12-9-18-14(17-12)19-13-7-11(15)5-4-10(13)2/h4-5,7,9,16H,3,6,8H2,1-2H3. The fourth-order valence-corrected chi connectivity index (χ4v) is 1.59. The third kappa shape index (κ3) is 3.79. The SMILES string of the molecule is CCCNCc1coc(Oc2cc(F)ccc2C)n1. The van der Waals surface area contributed by atoms with Crippen LogP contribution < -0.4 is 10.1 Å². The molecule has 102 valence electrons. The average molecular weight is 264 g/mol. The minimum Gasteiger partial charge on any atom is -0.417 e. The van der Waals surface area contributed by atoms with Crippen LogP contribution in [-0.2, 0) is 6.54 Å². The number of aromatic nitrogens is 1. The molecule has 0 saturated heterocycles. The number of nitrogens with zero attached hydrogens (tertiary/aromatic N) is 1. The molecule has 2 rings (SSSR count). The maximum absolute atomic E-state index is 13.1. The Morgan fingerprint density at radius 1 is 1.42 bits per heavy atom. The Morgan fingerprint density at radius 3 is 3.05 bits per heavy atom. The molecule has 1 heterocycles. The lowest BCUT2D eigenvalue weighted by molar-refractivity contribution is 0.328. The van der Waals surface area contributed by atoms with Gasteiger partial charge in [-0.3, -0.25) is 0 Å². The van der Waals surface area contributed by atoms with Gasteiger partial charge in [-0.25, -0.2) is 4.39 Å². The molecule has 0 bridgehead atoms. The summed E-state index contributed by atoms with van der Waals surface area (Å²) in [6.45, 7) is 5.48. The zero-order chi connectivity index (χ0) is 13.7. The number of aryl methyl sites for hydroxylation is 1. The van der Waals surface area contributed by atoms with Crippen molar-refractivity contribution in [1.29, 1.82) is 0 Å². The van der Waals surface area contributed by atoms with Crippen molar-refractivity contribution in [3.63, 3.8) is 0 Å². The smallest absolute Gasteiger partial charge is 0.399 e. The van der Waals surface area contributed by atoms with Crippen molar-refractivity contribution in [2.45, 2.75) is 26.8 Å². The minimum absolute atomic E-state index is 0.127. The molecule has 0 spiro atoms. The van der Waals surface area contributed by atoms with E-state index in [0.717, 1.165) is 24.2 Å². The summed E-state index contributed by atoms with van der Waals surface area (Å²) in [4.78, 5) is 4.17. The molecule has 0 fully saturated rings. The van der Waals surface area contributed by atoms with Crippen molar-refractivity contribution in [1.82, 2.24) is 10.3 Å². The van der Waals surface area contributed by atoms with Crippen LogP contribution in [0.15, 0.2) is 28.9 Å². The molecular formula is C14H17FN2O2. The summed E-state index contributed by atoms with van der Waals surface area (Å²) in [5.74, 6) is 0.0620. The van der Waals surface area contributed by atoms with Gasteiger partial charge in [-0.1, -0.05) is 13.0 Å². The molecule has 0 amide bonds. The van der Waals surface area contributed by atoms with Crippen molar-refractivity contribution in [2.75, 3.05) is 6.54 Å². The first-order valence-electron chi connectivity index (χ1n) is 6.28. The van der Waals surface area contributed by atoms with Gasteiger partial charge in [0, 0.05) is 12.6 Å². The number of nitrogens with one attached hydrogen (secondary N) is 1. The average Bonchev–Trinajstić information content (AvgIpc) is 2.82. The lowest BCUT2D eigenvalue weighted by Gasteiger charge is -2.04. The number of hydrogen-bond acceptors (Lipinski definition) is 4. The quantitative estimate of drug-likeness (QED) is 0.812. The van der Waals surface area contributed by atoms with E-state index in [4.69, 9.17) is 9.15 Å². The zero-order valence-electron chi connectivity index (χ0n) is 11.1. The molecule has 0 unspecified atom stereocenters. The number of hydrogen-bond donors (Lipinski definition) is 1. The molecule has 0 aliphatic rings. The van der Waals surface area contributed by atoms with Gasteiger partial charge in [0.2, 0.25) is 0 Å². The highest BCUT2D eigenvalue weighted by Gasteiger charge is 2.09. The van der Waals surface area contributed by atoms with Crippen molar-refractivity contribution in [2.24, 2.45) is 0 Å². The second-order valence-electron chi connectivity index (χ2n) is 4.29. The first kappa shape index (κ1) is 13.5. The van der Waals surface area contributed by atoms with Gasteiger partial charge in [0.05, 0.1) is 5.69 Å². The van der Waals surface area contributed by atoms with Gasteiger partial charge in [0.25, 0.3) is 0 Å². The van der Waals surface area contributed by atoms with E-state index in [1.54, 1.807) is 6.07 Å². The fourth-order valence-electron chi connectivity index (χ4n) is 1.59. The molecule has 0 aliphatic carbocycles. The fraction of sp³-hybridized carbons (Fsp3) is 0.357. The highest BCUT2D eigenvalue weighted by Crippen LogP contribution is 2.25. The van der Waals surface area contributed by atoms with Crippen LogP contribution in [0.1, 0.15) is 24.6 Å². The molecule has 1 N–H and O–H groups in total. The molecular weight excluding hydrogens is 247 g/mol. The van der Waals surface area contributed by atoms with Crippen LogP contribution >= 0.6 is 0 Å². The summed E-state index contributed by atoms with van der Waals surface area (Å²) in [5, 5.41) is 3.21. The van der Waals surface area contributed by atoms with Gasteiger partial charge in [-0.05, 0) is 31.5 Å². The molecule has 4 nitrogen and oxygen atoms in total. The van der Waals surface area contributed by atoms with Gasteiger partial charge in [-0.15, -0.1) is 0 Å². The minimum atomic E-state index is -0.350. The summed E-state index contributed by atoms with van der Waals surface area (Å²) in [6, 6.07) is 4.35. The molecule has 1 aromatic heterocycles. The molecule has 0 saturated carbocycles. The zero-order valence-corrected chi connectivity index (χ0v) is 11.1. The predicted octanol–water partition coefficient (Wildman–Crippen LogP) is 3.41. The van der Waals surface area contributed by atoms with E-state index in [0.29, 0.717) is 12.3 Å². The lowest BCUT2D eigenvalue weighted by atomic mass is 10.2. The third-order valence-electron chi connectivity index (χ3n) is 2.61. The van der Waals surface area contributed by atoms with Gasteiger partial charge >= 0.3 is 6.08 Å². The van der Waals surface area contributed by atoms with E-state index < -0.39 is 0 Å². The molecule has 19 heavy (non-hydrogen) atoms. The Kier molecular flexibility index (Phi) is 4.52. The molecule has 2 aromatic rings. The third-order valence-corrected chi connectivity index (χ3v) is 2.61. The number of halogens is 1. The summed E-state index contributed by atoms with van der Waals surface area (Å²) < 4.78 is 23.7. The second-order valence-corrected chi connectivity index (χ2v) is 4.29. The first-order valence-corrected chi connectivity index (χ1v) is 6.28. The van der Waals surface area contributed by atoms with E-state index in [1.165, 1.54) is 18.4 Å². The molecule has 0 atom stereocenters. The molecule has 5 heteroatoms. The van der Waals surface area contributed by atoms with Gasteiger partial charge in [-0.2, -0.15) is 4.98 Å². The van der Waals surface area contributed by atoms with E-state index in [-0.39, 0.29) is 11.9 Å². The number of oxazole rings is 1. The van der Waals surface area contributed by atoms with E-state index in [1.807, 2.05) is 6.92 Å². The topological polar surface area (TPSA) is 47.3 Å². The van der Waals surface area contributed by atoms with Gasteiger partial charge in [0.1, 0.15) is 17.8 Å². The number of ether oxygens (including phenoxy) is 1. The first-order chi connectivity index (χ1) is 9.19. The van der Waals surface area contributed by atoms with E-state index in [2.05, 4.69) is 17.2 Å². The monoisotopic (exact) mass is 264 g/mol. The van der Waals surface area contributed by atoms with Crippen LogP contribution in [0.25, 0.3) is 0 Å². The Bertz CT molecular complexity index is 540. The highest BCUT2D eigenvalue weighted by molar-refractivity contribution is 5.34. The Balaban J connectivity index is 2.01. The van der Waals surface area contributed by atoms with E-state index >= 15 is 0 Å². The highest BCUT2D eigenvalue weighted by atomic mass is 19.1. The Labute approximate surface area is 111 Å². The lowest BCUT2D eigenvalue weighted by Crippen LogP contribution is -2.13. The maximum Gasteiger partial charge on any atom is 0.399 e. The number of benzene rings is 1. The largest absolute Gasteiger partial charge is 0.417 e. The van der Waals surface area contributed by atoms with Crippen LogP contribution in [0.5, 0.6) is 11.8 Å². The van der Waals surface area contributed by atoms with Crippen LogP contribution in [0.3, 0.4) is 0 Å². The molecule has 0 radical (unpaired) electrons. The van der Waals surface area contributed by atoms with Crippen LogP contribution in [-0.4, -0.2) is 11.5 Å². The van der Waals surface area contributed by atoms with Gasteiger partial charge < -0.3 is 14.5 Å². The Hall–Kier alpha value is -1.88. The Morgan fingerprint density at radius 2 is 2.26 bits per heavy atom. The van der Waals surface area contributed by atoms with Crippen molar-refractivity contribution >= 4 is 0 Å². The molecule has 0 aliphatic heterocycles. The van der Waals surface area contributed by atoms with Crippen molar-refractivity contribution < 1.29 is 13.5 Å². The normalized spacial score (nSPS) is 10.7. The van der Waals surface area contributed by atoms with Crippen LogP contribution in [0.4, 0.5) is 4.39 Å². The van der Waals surface area contributed by atoms with Gasteiger partial charge in [0.15, 0.2) is 0 Å².